The largest absolute Gasteiger partial charge is 0.341 e. The Morgan fingerprint density at radius 1 is 1.00 bits per heavy atom. The van der Waals surface area contributed by atoms with Gasteiger partial charge in [0.15, 0.2) is 0 Å². The van der Waals surface area contributed by atoms with Crippen LogP contribution in [0.15, 0.2) is 48.5 Å². The van der Waals surface area contributed by atoms with Crippen molar-refractivity contribution in [3.05, 3.63) is 59.9 Å². The molecular formula is C29H36N4O2. The number of unbranched alkanes of at least 4 members (excludes halogenated alkanes) is 1. The van der Waals surface area contributed by atoms with Gasteiger partial charge in [0.05, 0.1) is 11.0 Å². The molecule has 0 N–H and O–H groups in total. The molecule has 2 amide bonds. The van der Waals surface area contributed by atoms with Crippen LogP contribution in [0.5, 0.6) is 0 Å². The van der Waals surface area contributed by atoms with Gasteiger partial charge in [0.25, 0.3) is 0 Å². The normalized spacial score (nSPS) is 18.9. The number of imidazole rings is 1. The Kier molecular flexibility index (Phi) is 7.16. The highest BCUT2D eigenvalue weighted by molar-refractivity contribution is 5.96. The molecule has 2 aliphatic rings. The third-order valence-corrected chi connectivity index (χ3v) is 7.49. The SMILES string of the molecule is CCCCc1ccc(N2CC(c3nc4ccccc4n3CC(=O)N3CCCCCC3)CC2=O)cc1. The summed E-state index contributed by atoms with van der Waals surface area (Å²) in [5, 5.41) is 0. The molecule has 35 heavy (non-hydrogen) atoms. The summed E-state index contributed by atoms with van der Waals surface area (Å²) in [5.74, 6) is 1.09. The zero-order valence-electron chi connectivity index (χ0n) is 20.8. The predicted octanol–water partition coefficient (Wildman–Crippen LogP) is 5.30. The summed E-state index contributed by atoms with van der Waals surface area (Å²) in [5.41, 5.74) is 4.11. The minimum Gasteiger partial charge on any atom is -0.341 e. The molecule has 1 aromatic heterocycles. The maximum Gasteiger partial charge on any atom is 0.242 e. The van der Waals surface area contributed by atoms with Gasteiger partial charge < -0.3 is 14.4 Å². The number of nitrogens with zero attached hydrogens (tertiary/aromatic N) is 4. The van der Waals surface area contributed by atoms with Gasteiger partial charge in [0, 0.05) is 37.7 Å². The van der Waals surface area contributed by atoms with Crippen LogP contribution < -0.4 is 4.90 Å². The smallest absolute Gasteiger partial charge is 0.242 e. The zero-order valence-corrected chi connectivity index (χ0v) is 20.8. The number of likely N-dealkylation sites (tertiary alicyclic amines) is 1. The minimum atomic E-state index is -0.0356. The van der Waals surface area contributed by atoms with E-state index in [0.29, 0.717) is 13.0 Å². The van der Waals surface area contributed by atoms with Crippen molar-refractivity contribution in [2.24, 2.45) is 0 Å². The second-order valence-corrected chi connectivity index (χ2v) is 10.0. The molecule has 6 heteroatoms. The summed E-state index contributed by atoms with van der Waals surface area (Å²) in [6, 6.07) is 16.4. The van der Waals surface area contributed by atoms with Gasteiger partial charge in [0.1, 0.15) is 12.4 Å². The number of para-hydroxylation sites is 2. The van der Waals surface area contributed by atoms with E-state index in [1.54, 1.807) is 0 Å². The molecule has 2 aromatic carbocycles. The molecular weight excluding hydrogens is 436 g/mol. The lowest BCUT2D eigenvalue weighted by Gasteiger charge is -2.22. The number of carbonyl (C=O) groups is 2. The third kappa shape index (κ3) is 5.12. The van der Waals surface area contributed by atoms with Crippen LogP contribution in [-0.4, -0.2) is 45.9 Å². The Balaban J connectivity index is 1.38. The fourth-order valence-electron chi connectivity index (χ4n) is 5.48. The van der Waals surface area contributed by atoms with Gasteiger partial charge >= 0.3 is 0 Å². The van der Waals surface area contributed by atoms with E-state index >= 15 is 0 Å². The van der Waals surface area contributed by atoms with Crippen molar-refractivity contribution in [2.75, 3.05) is 24.5 Å². The first-order valence-corrected chi connectivity index (χ1v) is 13.3. The number of hydrogen-bond acceptors (Lipinski definition) is 3. The number of rotatable bonds is 7. The topological polar surface area (TPSA) is 58.4 Å². The molecule has 0 spiro atoms. The Labute approximate surface area is 207 Å². The Hall–Kier alpha value is -3.15. The van der Waals surface area contributed by atoms with E-state index in [4.69, 9.17) is 4.98 Å². The average Bonchev–Trinajstić information content (AvgIpc) is 3.30. The molecule has 0 aliphatic carbocycles. The Bertz CT molecular complexity index is 1180. The fourth-order valence-corrected chi connectivity index (χ4v) is 5.48. The van der Waals surface area contributed by atoms with E-state index in [1.807, 2.05) is 34.1 Å². The van der Waals surface area contributed by atoms with E-state index in [-0.39, 0.29) is 24.3 Å². The number of amides is 2. The average molecular weight is 473 g/mol. The summed E-state index contributed by atoms with van der Waals surface area (Å²) in [7, 11) is 0. The van der Waals surface area contributed by atoms with E-state index in [0.717, 1.165) is 54.9 Å². The quantitative estimate of drug-likeness (QED) is 0.469. The van der Waals surface area contributed by atoms with Crippen LogP contribution >= 0.6 is 0 Å². The van der Waals surface area contributed by atoms with Crippen LogP contribution in [0.2, 0.25) is 0 Å². The lowest BCUT2D eigenvalue weighted by atomic mass is 10.1. The summed E-state index contributed by atoms with van der Waals surface area (Å²) in [4.78, 5) is 35.2. The van der Waals surface area contributed by atoms with Gasteiger partial charge in [-0.25, -0.2) is 4.98 Å². The number of carbonyl (C=O) groups excluding carboxylic acids is 2. The van der Waals surface area contributed by atoms with Crippen molar-refractivity contribution < 1.29 is 9.59 Å². The molecule has 5 rings (SSSR count). The van der Waals surface area contributed by atoms with E-state index in [9.17, 15) is 9.59 Å². The standard InChI is InChI=1S/C29H36N4O2/c1-2-3-10-22-13-15-24(16-14-22)32-20-23(19-27(32)34)29-30-25-11-6-7-12-26(25)33(29)21-28(35)31-17-8-4-5-9-18-31/h6-7,11-16,23H,2-5,8-10,17-21H2,1H3. The van der Waals surface area contributed by atoms with Crippen LogP contribution in [0.3, 0.4) is 0 Å². The number of anilines is 1. The molecule has 184 valence electrons. The van der Waals surface area contributed by atoms with Gasteiger partial charge in [0.2, 0.25) is 11.8 Å². The first-order valence-electron chi connectivity index (χ1n) is 13.3. The van der Waals surface area contributed by atoms with Gasteiger partial charge in [-0.2, -0.15) is 0 Å². The molecule has 6 nitrogen and oxygen atoms in total. The molecule has 2 fully saturated rings. The van der Waals surface area contributed by atoms with Crippen LogP contribution in [0.25, 0.3) is 11.0 Å². The van der Waals surface area contributed by atoms with Crippen molar-refractivity contribution >= 4 is 28.5 Å². The van der Waals surface area contributed by atoms with Crippen LogP contribution in [0.4, 0.5) is 5.69 Å². The van der Waals surface area contributed by atoms with Crippen LogP contribution in [0, 0.1) is 0 Å². The lowest BCUT2D eigenvalue weighted by Crippen LogP contribution is -2.35. The molecule has 2 saturated heterocycles. The highest BCUT2D eigenvalue weighted by Crippen LogP contribution is 2.33. The van der Waals surface area contributed by atoms with E-state index in [1.165, 1.54) is 31.2 Å². The van der Waals surface area contributed by atoms with Gasteiger partial charge in [-0.15, -0.1) is 0 Å². The van der Waals surface area contributed by atoms with Gasteiger partial charge in [-0.3, -0.25) is 9.59 Å². The number of aryl methyl sites for hydroxylation is 1. The van der Waals surface area contributed by atoms with Crippen LogP contribution in [0.1, 0.15) is 69.2 Å². The summed E-state index contributed by atoms with van der Waals surface area (Å²) < 4.78 is 2.07. The molecule has 0 radical (unpaired) electrons. The second-order valence-electron chi connectivity index (χ2n) is 10.0. The highest BCUT2D eigenvalue weighted by Gasteiger charge is 2.35. The van der Waals surface area contributed by atoms with Crippen molar-refractivity contribution in [3.8, 4) is 0 Å². The fraction of sp³-hybridized carbons (Fsp3) is 0.483. The van der Waals surface area contributed by atoms with E-state index in [2.05, 4.69) is 35.8 Å². The van der Waals surface area contributed by atoms with Crippen molar-refractivity contribution in [3.63, 3.8) is 0 Å². The van der Waals surface area contributed by atoms with Gasteiger partial charge in [-0.1, -0.05) is 50.5 Å². The zero-order chi connectivity index (χ0) is 24.2. The Morgan fingerprint density at radius 3 is 2.49 bits per heavy atom. The molecule has 1 unspecified atom stereocenters. The first-order chi connectivity index (χ1) is 17.1. The first kappa shape index (κ1) is 23.6. The number of fused-ring (bicyclic) bond motifs is 1. The molecule has 2 aliphatic heterocycles. The summed E-state index contributed by atoms with van der Waals surface area (Å²) >= 11 is 0. The summed E-state index contributed by atoms with van der Waals surface area (Å²) in [6.45, 7) is 4.75. The predicted molar refractivity (Wildman–Crippen MR) is 140 cm³/mol. The molecule has 3 heterocycles. The molecule has 0 bridgehead atoms. The number of benzene rings is 2. The lowest BCUT2D eigenvalue weighted by molar-refractivity contribution is -0.131. The van der Waals surface area contributed by atoms with Crippen LogP contribution in [-0.2, 0) is 22.6 Å². The van der Waals surface area contributed by atoms with E-state index < -0.39 is 0 Å². The van der Waals surface area contributed by atoms with Crippen molar-refractivity contribution in [1.29, 1.82) is 0 Å². The molecule has 3 aromatic rings. The van der Waals surface area contributed by atoms with Gasteiger partial charge in [-0.05, 0) is 55.5 Å². The maximum absolute atomic E-state index is 13.3. The molecule has 0 saturated carbocycles. The Morgan fingerprint density at radius 2 is 1.74 bits per heavy atom. The number of aromatic nitrogens is 2. The maximum atomic E-state index is 13.3. The van der Waals surface area contributed by atoms with Crippen molar-refractivity contribution in [2.45, 2.75) is 70.8 Å². The summed E-state index contributed by atoms with van der Waals surface area (Å²) in [6.07, 6.45) is 8.39. The third-order valence-electron chi connectivity index (χ3n) is 7.49. The highest BCUT2D eigenvalue weighted by atomic mass is 16.2. The minimum absolute atomic E-state index is 0.0356. The van der Waals surface area contributed by atoms with Crippen molar-refractivity contribution in [1.82, 2.24) is 14.5 Å². The number of hydrogen-bond donors (Lipinski definition) is 0. The second kappa shape index (κ2) is 10.6. The monoisotopic (exact) mass is 472 g/mol. The molecule has 1 atom stereocenters.